The van der Waals surface area contributed by atoms with Crippen molar-refractivity contribution in [3.8, 4) is 22.9 Å². The number of para-hydroxylation sites is 4. The summed E-state index contributed by atoms with van der Waals surface area (Å²) in [5, 5.41) is 8.67. The second-order valence-corrected chi connectivity index (χ2v) is 12.8. The van der Waals surface area contributed by atoms with E-state index >= 15 is 0 Å². The van der Waals surface area contributed by atoms with Gasteiger partial charge in [0.25, 0.3) is 0 Å². The lowest BCUT2D eigenvalue weighted by atomic mass is 10.1. The van der Waals surface area contributed by atoms with Crippen molar-refractivity contribution >= 4 is 87.5 Å². The maximum Gasteiger partial charge on any atom is 0.147 e. The van der Waals surface area contributed by atoms with Crippen LogP contribution >= 0.6 is 0 Å². The van der Waals surface area contributed by atoms with Crippen LogP contribution in [0.5, 0.6) is 11.5 Å². The number of hydrogen-bond donors (Lipinski definition) is 0. The van der Waals surface area contributed by atoms with Crippen molar-refractivity contribution in [2.75, 3.05) is 14.2 Å². The van der Waals surface area contributed by atoms with Crippen LogP contribution in [0.4, 0.5) is 0 Å². The van der Waals surface area contributed by atoms with Gasteiger partial charge >= 0.3 is 0 Å². The van der Waals surface area contributed by atoms with Crippen molar-refractivity contribution in [3.63, 3.8) is 0 Å². The normalized spacial score (nSPS) is 12.2. The number of nitrogens with zero attached hydrogens (tertiary/aromatic N) is 2. The topological polar surface area (TPSA) is 54.6 Å². The van der Waals surface area contributed by atoms with Gasteiger partial charge in [-0.3, -0.25) is 0 Å². The Labute approximate surface area is 284 Å². The molecule has 0 radical (unpaired) electrons. The minimum atomic E-state index is 0.726. The molecule has 0 aliphatic rings. The number of benzene rings is 7. The summed E-state index contributed by atoms with van der Waals surface area (Å²) in [5.41, 5.74) is 9.35. The van der Waals surface area contributed by atoms with Crippen molar-refractivity contribution in [2.24, 2.45) is 0 Å². The highest BCUT2D eigenvalue weighted by atomic mass is 16.5. The van der Waals surface area contributed by atoms with E-state index in [1.54, 1.807) is 14.2 Å². The van der Waals surface area contributed by atoms with Crippen LogP contribution in [0.1, 0.15) is 0 Å². The third-order valence-electron chi connectivity index (χ3n) is 10.3. The van der Waals surface area contributed by atoms with Gasteiger partial charge in [0.2, 0.25) is 0 Å². The average Bonchev–Trinajstić information content (AvgIpc) is 3.90. The van der Waals surface area contributed by atoms with Gasteiger partial charge in [-0.05, 0) is 48.5 Å². The minimum absolute atomic E-state index is 0.726. The van der Waals surface area contributed by atoms with Crippen LogP contribution in [-0.4, -0.2) is 23.4 Å². The summed E-state index contributed by atoms with van der Waals surface area (Å²) < 4.78 is 29.9. The first kappa shape index (κ1) is 27.3. The molecule has 6 nitrogen and oxygen atoms in total. The third-order valence-corrected chi connectivity index (χ3v) is 10.3. The predicted octanol–water partition coefficient (Wildman–Crippen LogP) is 11.7. The highest BCUT2D eigenvalue weighted by molar-refractivity contribution is 6.23. The first-order valence-electron chi connectivity index (χ1n) is 16.7. The van der Waals surface area contributed by atoms with Crippen LogP contribution in [0.15, 0.2) is 142 Å². The van der Waals surface area contributed by atoms with Crippen LogP contribution in [-0.2, 0) is 0 Å². The Kier molecular flexibility index (Phi) is 5.43. The quantitative estimate of drug-likeness (QED) is 0.191. The lowest BCUT2D eigenvalue weighted by molar-refractivity contribution is 0.413. The molecule has 50 heavy (non-hydrogen) atoms. The smallest absolute Gasteiger partial charge is 0.147 e. The maximum absolute atomic E-state index is 6.76. The molecule has 0 bridgehead atoms. The number of aromatic nitrogens is 2. The Balaban J connectivity index is 1.21. The fourth-order valence-electron chi connectivity index (χ4n) is 8.17. The lowest BCUT2D eigenvalue weighted by Gasteiger charge is -2.13. The van der Waals surface area contributed by atoms with Gasteiger partial charge in [0.05, 0.1) is 53.0 Å². The minimum Gasteiger partial charge on any atom is -0.494 e. The summed E-state index contributed by atoms with van der Waals surface area (Å²) in [7, 11) is 3.42. The molecule has 11 aromatic rings. The van der Waals surface area contributed by atoms with Gasteiger partial charge in [-0.1, -0.05) is 72.8 Å². The molecule has 0 aliphatic carbocycles. The summed E-state index contributed by atoms with van der Waals surface area (Å²) in [5.74, 6) is 1.46. The molecule has 11 rings (SSSR count). The fraction of sp³-hybridized carbons (Fsp3) is 0.0455. The molecule has 238 valence electrons. The van der Waals surface area contributed by atoms with Gasteiger partial charge in [0.15, 0.2) is 0 Å². The van der Waals surface area contributed by atoms with Crippen molar-refractivity contribution < 1.29 is 18.3 Å². The summed E-state index contributed by atoms with van der Waals surface area (Å²) >= 11 is 0. The van der Waals surface area contributed by atoms with E-state index in [4.69, 9.17) is 18.3 Å². The Morgan fingerprint density at radius 1 is 0.400 bits per heavy atom. The van der Waals surface area contributed by atoms with E-state index in [1.165, 1.54) is 21.5 Å². The molecule has 0 saturated heterocycles. The van der Waals surface area contributed by atoms with Crippen molar-refractivity contribution in [1.29, 1.82) is 0 Å². The second kappa shape index (κ2) is 9.94. The molecule has 0 aliphatic heterocycles. The summed E-state index contributed by atoms with van der Waals surface area (Å²) in [6, 6.07) is 46.5. The number of methoxy groups -OCH3 is 2. The number of furan rings is 2. The Morgan fingerprint density at radius 2 is 0.840 bits per heavy atom. The van der Waals surface area contributed by atoms with Crippen LogP contribution in [0, 0.1) is 0 Å². The van der Waals surface area contributed by atoms with E-state index in [0.717, 1.165) is 88.8 Å². The van der Waals surface area contributed by atoms with Crippen molar-refractivity contribution in [1.82, 2.24) is 9.13 Å². The van der Waals surface area contributed by atoms with Crippen molar-refractivity contribution in [3.05, 3.63) is 133 Å². The van der Waals surface area contributed by atoms with Crippen molar-refractivity contribution in [2.45, 2.75) is 0 Å². The molecule has 0 amide bonds. The average molecular weight is 649 g/mol. The van der Waals surface area contributed by atoms with Crippen LogP contribution in [0.2, 0.25) is 0 Å². The zero-order valence-corrected chi connectivity index (χ0v) is 27.2. The summed E-state index contributed by atoms with van der Waals surface area (Å²) in [6.45, 7) is 0. The molecule has 4 heterocycles. The van der Waals surface area contributed by atoms with E-state index in [2.05, 4.69) is 124 Å². The zero-order chi connectivity index (χ0) is 33.1. The van der Waals surface area contributed by atoms with E-state index in [0.29, 0.717) is 0 Å². The molecule has 0 fully saturated rings. The molecule has 0 spiro atoms. The van der Waals surface area contributed by atoms with Crippen LogP contribution in [0.3, 0.4) is 0 Å². The Bertz CT molecular complexity index is 3080. The van der Waals surface area contributed by atoms with Gasteiger partial charge in [-0.2, -0.15) is 0 Å². The molecule has 0 unspecified atom stereocenters. The lowest BCUT2D eigenvalue weighted by Crippen LogP contribution is -1.98. The fourth-order valence-corrected chi connectivity index (χ4v) is 8.17. The third kappa shape index (κ3) is 3.52. The number of rotatable bonds is 4. The van der Waals surface area contributed by atoms with E-state index in [9.17, 15) is 0 Å². The van der Waals surface area contributed by atoms with Crippen LogP contribution < -0.4 is 9.47 Å². The second-order valence-electron chi connectivity index (χ2n) is 12.8. The van der Waals surface area contributed by atoms with E-state index in [1.807, 2.05) is 18.2 Å². The molecule has 0 N–H and O–H groups in total. The van der Waals surface area contributed by atoms with Gasteiger partial charge in [0, 0.05) is 49.8 Å². The molecular formula is C44H28N2O4. The molecule has 7 aromatic carbocycles. The van der Waals surface area contributed by atoms with Gasteiger partial charge in [-0.25, -0.2) is 0 Å². The Morgan fingerprint density at radius 3 is 1.32 bits per heavy atom. The molecular weight excluding hydrogens is 620 g/mol. The molecule has 4 aromatic heterocycles. The monoisotopic (exact) mass is 648 g/mol. The number of ether oxygens (including phenoxy) is 2. The summed E-state index contributed by atoms with van der Waals surface area (Å²) in [4.78, 5) is 0. The first-order chi connectivity index (χ1) is 24.7. The SMILES string of the molecule is COc1cc2oc3c(ccc4oc5cc(OC)c(-n6c7ccccc7c7ccccc76)cc5c43)c2cc1-n1c2ccccc2c2ccccc21. The van der Waals surface area contributed by atoms with Crippen LogP contribution in [0.25, 0.3) is 98.9 Å². The maximum atomic E-state index is 6.76. The van der Waals surface area contributed by atoms with E-state index in [-0.39, 0.29) is 0 Å². The number of hydrogen-bond acceptors (Lipinski definition) is 4. The standard InChI is InChI=1S/C44H28N2O4/c1-47-41-23-39-30(21-36(41)45-32-15-7-3-11-25(32)26-12-4-8-16-33(26)45)29-19-20-38-43(44(29)50-39)31-22-37(42(48-2)24-40(31)49-38)46-34-17-9-5-13-27(34)28-14-6-10-18-35(28)46/h3-24H,1-2H3. The summed E-state index contributed by atoms with van der Waals surface area (Å²) in [6.07, 6.45) is 0. The Hall–Kier alpha value is -6.66. The highest BCUT2D eigenvalue weighted by Crippen LogP contribution is 2.45. The predicted molar refractivity (Wildman–Crippen MR) is 203 cm³/mol. The zero-order valence-electron chi connectivity index (χ0n) is 27.2. The highest BCUT2D eigenvalue weighted by Gasteiger charge is 2.23. The van der Waals surface area contributed by atoms with Gasteiger partial charge in [0.1, 0.15) is 33.8 Å². The van der Waals surface area contributed by atoms with Gasteiger partial charge < -0.3 is 27.4 Å². The first-order valence-corrected chi connectivity index (χ1v) is 16.7. The molecule has 0 saturated carbocycles. The number of fused-ring (bicyclic) bond motifs is 13. The largest absolute Gasteiger partial charge is 0.494 e. The van der Waals surface area contributed by atoms with E-state index < -0.39 is 0 Å². The molecule has 6 heteroatoms. The molecule has 0 atom stereocenters. The van der Waals surface area contributed by atoms with Gasteiger partial charge in [-0.15, -0.1) is 0 Å².